The van der Waals surface area contributed by atoms with Crippen molar-refractivity contribution in [3.63, 3.8) is 0 Å². The highest BCUT2D eigenvalue weighted by Gasteiger charge is 2.58. The fourth-order valence-corrected chi connectivity index (χ4v) is 2.59. The van der Waals surface area contributed by atoms with Crippen LogP contribution < -0.4 is 4.72 Å². The van der Waals surface area contributed by atoms with E-state index in [9.17, 15) is 11.7 Å². The van der Waals surface area contributed by atoms with Crippen LogP contribution in [-0.2, 0) is 0 Å². The molecule has 0 unspecified atom stereocenters. The maximum Gasteiger partial charge on any atom is 0.107 e. The summed E-state index contributed by atoms with van der Waals surface area (Å²) in [4.78, 5) is 0. The lowest BCUT2D eigenvalue weighted by Crippen LogP contribution is -2.33. The van der Waals surface area contributed by atoms with E-state index in [1.54, 1.807) is 18.2 Å². The standard InChI is InChI=1S/C10H16F3NS/c1-3-15(11,12,13,4-2)14-10-8-6-5-7-9-10/h5-9,14H,3-4H2,1-2H3. The first-order chi connectivity index (χ1) is 6.73. The molecule has 15 heavy (non-hydrogen) atoms. The number of benzene rings is 1. The normalized spacial score (nSPS) is 16.6. The van der Waals surface area contributed by atoms with Gasteiger partial charge in [-0.05, 0) is 12.1 Å². The average molecular weight is 239 g/mol. The fourth-order valence-electron chi connectivity index (χ4n) is 1.15. The Morgan fingerprint density at radius 1 is 1.00 bits per heavy atom. The molecule has 0 aromatic heterocycles. The number of anilines is 1. The van der Waals surface area contributed by atoms with Gasteiger partial charge in [0.1, 0.15) is 9.64 Å². The topological polar surface area (TPSA) is 12.0 Å². The monoisotopic (exact) mass is 239 g/mol. The number of hydrogen-bond acceptors (Lipinski definition) is 1. The first-order valence-corrected chi connectivity index (χ1v) is 7.31. The van der Waals surface area contributed by atoms with E-state index in [4.69, 9.17) is 0 Å². The molecule has 1 rings (SSSR count). The van der Waals surface area contributed by atoms with E-state index < -0.39 is 21.1 Å². The summed E-state index contributed by atoms with van der Waals surface area (Å²) in [6.07, 6.45) is 0. The molecule has 5 heteroatoms. The minimum atomic E-state index is -6.60. The SMILES string of the molecule is CCS(F)(F)(F)(CC)Nc1ccccc1. The van der Waals surface area contributed by atoms with Gasteiger partial charge in [-0.15, -0.1) is 11.7 Å². The van der Waals surface area contributed by atoms with Gasteiger partial charge in [0, 0.05) is 17.2 Å². The molecule has 0 heterocycles. The van der Waals surface area contributed by atoms with Crippen molar-refractivity contribution < 1.29 is 11.7 Å². The average Bonchev–Trinajstić information content (AvgIpc) is 2.19. The van der Waals surface area contributed by atoms with Gasteiger partial charge >= 0.3 is 0 Å². The summed E-state index contributed by atoms with van der Waals surface area (Å²) in [5, 5.41) is 0. The summed E-state index contributed by atoms with van der Waals surface area (Å²) in [7, 11) is -6.60. The van der Waals surface area contributed by atoms with Crippen LogP contribution in [0, 0.1) is 0 Å². The van der Waals surface area contributed by atoms with Crippen molar-refractivity contribution in [2.75, 3.05) is 16.2 Å². The molecule has 0 aliphatic rings. The maximum atomic E-state index is 14.0. The molecule has 0 bridgehead atoms. The number of nitrogens with one attached hydrogen (secondary N) is 1. The summed E-state index contributed by atoms with van der Waals surface area (Å²) in [6, 6.07) is 7.74. The minimum absolute atomic E-state index is 0.121. The highest BCUT2D eigenvalue weighted by Crippen LogP contribution is 2.92. The van der Waals surface area contributed by atoms with Gasteiger partial charge in [0.05, 0.1) is 0 Å². The van der Waals surface area contributed by atoms with E-state index in [1.165, 1.54) is 26.0 Å². The third kappa shape index (κ3) is 2.81. The lowest BCUT2D eigenvalue weighted by molar-refractivity contribution is 0.553. The maximum absolute atomic E-state index is 14.0. The van der Waals surface area contributed by atoms with Crippen LogP contribution in [0.3, 0.4) is 0 Å². The van der Waals surface area contributed by atoms with Crippen LogP contribution in [-0.4, -0.2) is 11.5 Å². The third-order valence-corrected chi connectivity index (χ3v) is 5.96. The fraction of sp³-hybridized carbons (Fsp3) is 0.400. The molecule has 1 aromatic carbocycles. The zero-order chi connectivity index (χ0) is 11.6. The Balaban J connectivity index is 3.08. The Hall–Kier alpha value is -0.840. The van der Waals surface area contributed by atoms with Crippen molar-refractivity contribution in [1.82, 2.24) is 0 Å². The molecule has 0 saturated carbocycles. The van der Waals surface area contributed by atoms with Gasteiger partial charge in [-0.2, -0.15) is 0 Å². The third-order valence-electron chi connectivity index (χ3n) is 2.50. The second-order valence-electron chi connectivity index (χ2n) is 3.60. The van der Waals surface area contributed by atoms with Crippen molar-refractivity contribution in [2.45, 2.75) is 13.8 Å². The predicted octanol–water partition coefficient (Wildman–Crippen LogP) is 4.58. The van der Waals surface area contributed by atoms with Crippen LogP contribution in [0.1, 0.15) is 13.8 Å². The summed E-state index contributed by atoms with van der Waals surface area (Å²) in [5.41, 5.74) is 0.121. The number of halogens is 3. The molecule has 0 fully saturated rings. The molecule has 0 atom stereocenters. The Labute approximate surface area is 88.0 Å². The van der Waals surface area contributed by atoms with E-state index in [2.05, 4.69) is 0 Å². The van der Waals surface area contributed by atoms with Crippen LogP contribution in [0.25, 0.3) is 0 Å². The van der Waals surface area contributed by atoms with Crippen molar-refractivity contribution >= 4 is 15.3 Å². The first-order valence-electron chi connectivity index (χ1n) is 4.82. The number of para-hydroxylation sites is 1. The van der Waals surface area contributed by atoms with Gasteiger partial charge in [-0.1, -0.05) is 32.0 Å². The van der Waals surface area contributed by atoms with Crippen LogP contribution in [0.15, 0.2) is 30.3 Å². The molecule has 0 aliphatic heterocycles. The van der Waals surface area contributed by atoms with E-state index in [1.807, 2.05) is 4.72 Å². The van der Waals surface area contributed by atoms with Crippen LogP contribution in [0.4, 0.5) is 17.3 Å². The van der Waals surface area contributed by atoms with Gasteiger partial charge in [-0.25, -0.2) is 0 Å². The van der Waals surface area contributed by atoms with Crippen molar-refractivity contribution in [3.05, 3.63) is 30.3 Å². The molecule has 1 N–H and O–H groups in total. The van der Waals surface area contributed by atoms with Gasteiger partial charge in [0.15, 0.2) is 0 Å². The minimum Gasteiger partial charge on any atom is -0.299 e. The molecular weight excluding hydrogens is 223 g/mol. The van der Waals surface area contributed by atoms with E-state index in [0.29, 0.717) is 0 Å². The number of rotatable bonds is 4. The summed E-state index contributed by atoms with van der Waals surface area (Å²) in [5.74, 6) is -1.60. The molecule has 0 spiro atoms. The lowest BCUT2D eigenvalue weighted by atomic mass is 10.3. The highest BCUT2D eigenvalue weighted by molar-refractivity contribution is 8.54. The Morgan fingerprint density at radius 3 is 1.87 bits per heavy atom. The molecule has 1 aromatic rings. The first kappa shape index (κ1) is 12.2. The molecule has 0 amide bonds. The summed E-state index contributed by atoms with van der Waals surface area (Å²) >= 11 is 0. The van der Waals surface area contributed by atoms with Gasteiger partial charge < -0.3 is 0 Å². The Morgan fingerprint density at radius 2 is 1.47 bits per heavy atom. The molecule has 0 saturated heterocycles. The summed E-state index contributed by atoms with van der Waals surface area (Å²) in [6.45, 7) is 2.34. The molecule has 0 aliphatic carbocycles. The number of hydrogen-bond donors (Lipinski definition) is 1. The van der Waals surface area contributed by atoms with Crippen LogP contribution in [0.2, 0.25) is 0 Å². The van der Waals surface area contributed by atoms with E-state index >= 15 is 0 Å². The van der Waals surface area contributed by atoms with Crippen LogP contribution in [0.5, 0.6) is 0 Å². The van der Waals surface area contributed by atoms with Crippen molar-refractivity contribution in [3.8, 4) is 0 Å². The van der Waals surface area contributed by atoms with E-state index in [-0.39, 0.29) is 5.69 Å². The quantitative estimate of drug-likeness (QED) is 0.810. The molecule has 0 radical (unpaired) electrons. The van der Waals surface area contributed by atoms with E-state index in [0.717, 1.165) is 0 Å². The summed E-state index contributed by atoms with van der Waals surface area (Å²) < 4.78 is 43.8. The highest BCUT2D eigenvalue weighted by atomic mass is 32.4. The van der Waals surface area contributed by atoms with Crippen molar-refractivity contribution in [1.29, 1.82) is 0 Å². The van der Waals surface area contributed by atoms with Crippen molar-refractivity contribution in [2.24, 2.45) is 0 Å². The second-order valence-corrected chi connectivity index (χ2v) is 8.07. The van der Waals surface area contributed by atoms with Gasteiger partial charge in [0.25, 0.3) is 0 Å². The zero-order valence-corrected chi connectivity index (χ0v) is 9.66. The second kappa shape index (κ2) is 3.07. The Bertz CT molecular complexity index is 345. The zero-order valence-electron chi connectivity index (χ0n) is 8.84. The van der Waals surface area contributed by atoms with Crippen LogP contribution >= 0.6 is 9.64 Å². The molecular formula is C10H16F3NS. The molecule has 1 nitrogen and oxygen atoms in total. The smallest absolute Gasteiger partial charge is 0.107 e. The van der Waals surface area contributed by atoms with Gasteiger partial charge in [-0.3, -0.25) is 4.72 Å². The molecule has 88 valence electrons. The largest absolute Gasteiger partial charge is 0.299 e. The predicted molar refractivity (Wildman–Crippen MR) is 62.1 cm³/mol. The Kier molecular flexibility index (Phi) is 2.51. The van der Waals surface area contributed by atoms with Gasteiger partial charge in [0.2, 0.25) is 0 Å². The lowest BCUT2D eigenvalue weighted by Gasteiger charge is -2.58.